The van der Waals surface area contributed by atoms with E-state index in [9.17, 15) is 0 Å². The summed E-state index contributed by atoms with van der Waals surface area (Å²) in [6.45, 7) is 5.84. The van der Waals surface area contributed by atoms with E-state index in [-0.39, 0.29) is 0 Å². The van der Waals surface area contributed by atoms with Crippen molar-refractivity contribution < 1.29 is 0 Å². The van der Waals surface area contributed by atoms with Crippen molar-refractivity contribution in [1.29, 1.82) is 0 Å². The van der Waals surface area contributed by atoms with Gasteiger partial charge in [-0.1, -0.05) is 43.0 Å². The predicted octanol–water partition coefficient (Wildman–Crippen LogP) is 3.40. The first kappa shape index (κ1) is 13.7. The van der Waals surface area contributed by atoms with Crippen molar-refractivity contribution in [2.75, 3.05) is 0 Å². The molecule has 0 aliphatic rings. The van der Waals surface area contributed by atoms with Gasteiger partial charge in [0.2, 0.25) is 0 Å². The largest absolute Gasteiger partial charge is 0.402 e. The van der Waals surface area contributed by atoms with Gasteiger partial charge < -0.3 is 5.73 Å². The molecule has 0 saturated heterocycles. The number of benzene rings is 1. The normalized spacial score (nSPS) is 12.2. The fourth-order valence-corrected chi connectivity index (χ4v) is 1.73. The van der Waals surface area contributed by atoms with Crippen molar-refractivity contribution in [3.8, 4) is 0 Å². The molecular formula is C17H17N3. The molecule has 3 heteroatoms. The van der Waals surface area contributed by atoms with Crippen molar-refractivity contribution in [2.24, 2.45) is 10.7 Å². The first-order chi connectivity index (χ1) is 9.66. The van der Waals surface area contributed by atoms with Gasteiger partial charge in [-0.3, -0.25) is 4.98 Å². The van der Waals surface area contributed by atoms with E-state index in [1.807, 2.05) is 55.5 Å². The standard InChI is InChI=1S/C17H17N3/c1-13(18)12-17(16-10-6-7-11-19-16)20-14(2)15-8-4-3-5-9-15/h3-12H,2,18H2,1H3/b13-12-,20-17?. The fourth-order valence-electron chi connectivity index (χ4n) is 1.73. The molecule has 0 radical (unpaired) electrons. The summed E-state index contributed by atoms with van der Waals surface area (Å²) in [6.07, 6.45) is 3.53. The molecule has 0 fully saturated rings. The van der Waals surface area contributed by atoms with Crippen molar-refractivity contribution in [2.45, 2.75) is 6.92 Å². The Morgan fingerprint density at radius 1 is 1.15 bits per heavy atom. The monoisotopic (exact) mass is 263 g/mol. The lowest BCUT2D eigenvalue weighted by atomic mass is 10.1. The summed E-state index contributed by atoms with van der Waals surface area (Å²) in [4.78, 5) is 8.87. The Labute approximate surface area is 119 Å². The number of nitrogens with zero attached hydrogens (tertiary/aromatic N) is 2. The Kier molecular flexibility index (Phi) is 4.45. The highest BCUT2D eigenvalue weighted by atomic mass is 14.8. The molecule has 20 heavy (non-hydrogen) atoms. The zero-order chi connectivity index (χ0) is 14.4. The Hall–Kier alpha value is -2.68. The molecule has 0 saturated carbocycles. The number of rotatable bonds is 4. The lowest BCUT2D eigenvalue weighted by Crippen LogP contribution is -2.04. The Balaban J connectivity index is 2.40. The highest BCUT2D eigenvalue weighted by molar-refractivity contribution is 6.09. The molecule has 1 heterocycles. The summed E-state index contributed by atoms with van der Waals surface area (Å²) in [5, 5.41) is 0. The molecule has 2 N–H and O–H groups in total. The zero-order valence-corrected chi connectivity index (χ0v) is 11.5. The van der Waals surface area contributed by atoms with Crippen LogP contribution in [0.5, 0.6) is 0 Å². The third kappa shape index (κ3) is 3.65. The number of aromatic nitrogens is 1. The van der Waals surface area contributed by atoms with Crippen LogP contribution in [0.4, 0.5) is 0 Å². The zero-order valence-electron chi connectivity index (χ0n) is 11.5. The van der Waals surface area contributed by atoms with Gasteiger partial charge in [-0.2, -0.15) is 0 Å². The maximum absolute atomic E-state index is 5.77. The molecule has 3 nitrogen and oxygen atoms in total. The molecule has 0 bridgehead atoms. The number of allylic oxidation sites excluding steroid dienone is 2. The maximum atomic E-state index is 5.77. The second kappa shape index (κ2) is 6.48. The molecule has 100 valence electrons. The summed E-state index contributed by atoms with van der Waals surface area (Å²) in [6, 6.07) is 15.5. The van der Waals surface area contributed by atoms with E-state index < -0.39 is 0 Å². The van der Waals surface area contributed by atoms with Gasteiger partial charge in [0, 0.05) is 11.9 Å². The van der Waals surface area contributed by atoms with E-state index in [2.05, 4.69) is 16.6 Å². The highest BCUT2D eigenvalue weighted by Gasteiger charge is 2.04. The van der Waals surface area contributed by atoms with E-state index in [0.29, 0.717) is 17.1 Å². The average molecular weight is 263 g/mol. The van der Waals surface area contributed by atoms with Crippen LogP contribution in [0.15, 0.2) is 78.1 Å². The van der Waals surface area contributed by atoms with Gasteiger partial charge >= 0.3 is 0 Å². The third-order valence-corrected chi connectivity index (χ3v) is 2.65. The molecule has 2 rings (SSSR count). The molecular weight excluding hydrogens is 246 g/mol. The summed E-state index contributed by atoms with van der Waals surface area (Å²) < 4.78 is 0. The highest BCUT2D eigenvalue weighted by Crippen LogP contribution is 2.15. The molecule has 0 spiro atoms. The molecule has 0 unspecified atom stereocenters. The van der Waals surface area contributed by atoms with Gasteiger partial charge in [0.05, 0.1) is 17.1 Å². The number of hydrogen-bond acceptors (Lipinski definition) is 3. The van der Waals surface area contributed by atoms with Gasteiger partial charge in [0.1, 0.15) is 0 Å². The summed E-state index contributed by atoms with van der Waals surface area (Å²) in [5.41, 5.74) is 9.58. The quantitative estimate of drug-likeness (QED) is 0.859. The summed E-state index contributed by atoms with van der Waals surface area (Å²) >= 11 is 0. The van der Waals surface area contributed by atoms with Crippen LogP contribution in [0.2, 0.25) is 0 Å². The number of pyridine rings is 1. The van der Waals surface area contributed by atoms with E-state index in [1.54, 1.807) is 12.3 Å². The number of hydrogen-bond donors (Lipinski definition) is 1. The van der Waals surface area contributed by atoms with Crippen LogP contribution in [-0.2, 0) is 0 Å². The number of nitrogens with two attached hydrogens (primary N) is 1. The minimum absolute atomic E-state index is 0.676. The van der Waals surface area contributed by atoms with E-state index in [0.717, 1.165) is 11.3 Å². The second-order valence-electron chi connectivity index (χ2n) is 4.41. The predicted molar refractivity (Wildman–Crippen MR) is 84.2 cm³/mol. The van der Waals surface area contributed by atoms with Crippen LogP contribution in [0, 0.1) is 0 Å². The fraction of sp³-hybridized carbons (Fsp3) is 0.0588. The Bertz CT molecular complexity index is 636. The van der Waals surface area contributed by atoms with Crippen molar-refractivity contribution in [1.82, 2.24) is 4.98 Å². The van der Waals surface area contributed by atoms with Crippen LogP contribution in [0.25, 0.3) is 5.70 Å². The molecule has 0 amide bonds. The molecule has 1 aromatic heterocycles. The average Bonchev–Trinajstić information content (AvgIpc) is 2.48. The van der Waals surface area contributed by atoms with Crippen LogP contribution < -0.4 is 5.73 Å². The number of aliphatic imine (C=N–C) groups is 1. The van der Waals surface area contributed by atoms with Crippen LogP contribution >= 0.6 is 0 Å². The van der Waals surface area contributed by atoms with Crippen molar-refractivity contribution in [3.63, 3.8) is 0 Å². The maximum Gasteiger partial charge on any atom is 0.0910 e. The minimum atomic E-state index is 0.676. The van der Waals surface area contributed by atoms with Gasteiger partial charge in [0.25, 0.3) is 0 Å². The van der Waals surface area contributed by atoms with Gasteiger partial charge in [-0.05, 0) is 30.7 Å². The second-order valence-corrected chi connectivity index (χ2v) is 4.41. The lowest BCUT2D eigenvalue weighted by molar-refractivity contribution is 1.27. The van der Waals surface area contributed by atoms with Gasteiger partial charge in [-0.15, -0.1) is 0 Å². The first-order valence-corrected chi connectivity index (χ1v) is 6.35. The Morgan fingerprint density at radius 3 is 2.45 bits per heavy atom. The van der Waals surface area contributed by atoms with Crippen LogP contribution in [-0.4, -0.2) is 10.7 Å². The van der Waals surface area contributed by atoms with Crippen molar-refractivity contribution >= 4 is 11.4 Å². The summed E-state index contributed by atoms with van der Waals surface area (Å²) in [7, 11) is 0. The van der Waals surface area contributed by atoms with E-state index in [4.69, 9.17) is 5.73 Å². The van der Waals surface area contributed by atoms with E-state index in [1.165, 1.54) is 0 Å². The smallest absolute Gasteiger partial charge is 0.0910 e. The van der Waals surface area contributed by atoms with Crippen LogP contribution in [0.3, 0.4) is 0 Å². The van der Waals surface area contributed by atoms with Gasteiger partial charge in [0.15, 0.2) is 0 Å². The lowest BCUT2D eigenvalue weighted by Gasteiger charge is -2.05. The van der Waals surface area contributed by atoms with E-state index >= 15 is 0 Å². The first-order valence-electron chi connectivity index (χ1n) is 6.35. The molecule has 0 aliphatic heterocycles. The topological polar surface area (TPSA) is 51.3 Å². The van der Waals surface area contributed by atoms with Gasteiger partial charge in [-0.25, -0.2) is 4.99 Å². The third-order valence-electron chi connectivity index (χ3n) is 2.65. The van der Waals surface area contributed by atoms with Crippen molar-refractivity contribution in [3.05, 3.63) is 84.3 Å². The van der Waals surface area contributed by atoms with Crippen LogP contribution in [0.1, 0.15) is 18.2 Å². The SMILES string of the molecule is C=C(N=C(/C=C(/C)N)c1ccccn1)c1ccccc1. The molecule has 2 aromatic rings. The molecule has 1 aromatic carbocycles. The Morgan fingerprint density at radius 2 is 1.85 bits per heavy atom. The molecule has 0 atom stereocenters. The minimum Gasteiger partial charge on any atom is -0.402 e. The molecule has 0 aliphatic carbocycles. The summed E-state index contributed by atoms with van der Waals surface area (Å²) in [5.74, 6) is 0.